The van der Waals surface area contributed by atoms with Gasteiger partial charge in [-0.2, -0.15) is 0 Å². The highest BCUT2D eigenvalue weighted by atomic mass is 35.5. The maximum absolute atomic E-state index is 13.4. The van der Waals surface area contributed by atoms with E-state index in [1.54, 1.807) is 36.4 Å². The number of nitrogens with one attached hydrogen (secondary N) is 1. The minimum absolute atomic E-state index is 0.181. The van der Waals surface area contributed by atoms with Gasteiger partial charge in [0.15, 0.2) is 6.04 Å². The molecule has 2 amide bonds. The fourth-order valence-electron chi connectivity index (χ4n) is 4.89. The number of aliphatic carboxylic acids is 1. The zero-order valence-electron chi connectivity index (χ0n) is 17.1. The molecule has 1 aliphatic carbocycles. The monoisotopic (exact) mass is 440 g/mol. The van der Waals surface area contributed by atoms with Crippen LogP contribution >= 0.6 is 11.6 Å². The molecule has 0 bridgehead atoms. The lowest BCUT2D eigenvalue weighted by molar-refractivity contribution is -0.149. The molecule has 2 unspecified atom stereocenters. The van der Waals surface area contributed by atoms with Gasteiger partial charge in [0.1, 0.15) is 6.04 Å². The summed E-state index contributed by atoms with van der Waals surface area (Å²) in [5, 5.41) is 13.3. The number of carboxylic acids is 1. The van der Waals surface area contributed by atoms with E-state index in [0.29, 0.717) is 29.8 Å². The molecule has 1 saturated heterocycles. The van der Waals surface area contributed by atoms with Crippen LogP contribution in [0.5, 0.6) is 0 Å². The molecule has 0 radical (unpaired) electrons. The molecule has 6 nitrogen and oxygen atoms in total. The van der Waals surface area contributed by atoms with Gasteiger partial charge in [-0.1, -0.05) is 66.9 Å². The molecule has 162 valence electrons. The normalized spacial score (nSPS) is 21.1. The average molecular weight is 441 g/mol. The summed E-state index contributed by atoms with van der Waals surface area (Å²) in [5.41, 5.74) is 0.705. The van der Waals surface area contributed by atoms with Crippen LogP contribution in [0.2, 0.25) is 5.02 Å². The molecule has 2 aromatic rings. The van der Waals surface area contributed by atoms with Gasteiger partial charge < -0.3 is 15.3 Å². The Bertz CT molecular complexity index is 988. The minimum atomic E-state index is -1.09. The van der Waals surface area contributed by atoms with Crippen LogP contribution in [0.3, 0.4) is 0 Å². The van der Waals surface area contributed by atoms with E-state index in [0.717, 1.165) is 18.4 Å². The van der Waals surface area contributed by atoms with Gasteiger partial charge in [-0.3, -0.25) is 9.59 Å². The number of rotatable bonds is 6. The van der Waals surface area contributed by atoms with Crippen LogP contribution in [0.25, 0.3) is 0 Å². The van der Waals surface area contributed by atoms with Crippen molar-refractivity contribution in [1.82, 2.24) is 10.2 Å². The molecule has 4 rings (SSSR count). The summed E-state index contributed by atoms with van der Waals surface area (Å²) in [5.74, 6) is -1.62. The van der Waals surface area contributed by atoms with E-state index < -0.39 is 23.5 Å². The number of halogens is 1. The molecule has 0 aromatic heterocycles. The summed E-state index contributed by atoms with van der Waals surface area (Å²) in [6, 6.07) is 14.3. The third-order valence-electron chi connectivity index (χ3n) is 6.48. The van der Waals surface area contributed by atoms with Crippen molar-refractivity contribution >= 4 is 29.4 Å². The van der Waals surface area contributed by atoms with E-state index in [9.17, 15) is 19.5 Å². The number of carboxylic acid groups (broad SMARTS) is 1. The largest absolute Gasteiger partial charge is 0.479 e. The highest BCUT2D eigenvalue weighted by molar-refractivity contribution is 6.30. The number of carbonyl (C=O) groups excluding carboxylic acids is 2. The molecule has 0 spiro atoms. The average Bonchev–Trinajstić information content (AvgIpc) is 3.38. The summed E-state index contributed by atoms with van der Waals surface area (Å²) in [6.07, 6.45) is 3.64. The van der Waals surface area contributed by atoms with Gasteiger partial charge in [0, 0.05) is 11.6 Å². The molecule has 1 saturated carbocycles. The molecule has 31 heavy (non-hydrogen) atoms. The van der Waals surface area contributed by atoms with Crippen molar-refractivity contribution in [3.8, 4) is 0 Å². The van der Waals surface area contributed by atoms with Crippen molar-refractivity contribution in [2.24, 2.45) is 0 Å². The zero-order chi connectivity index (χ0) is 22.0. The first-order valence-corrected chi connectivity index (χ1v) is 11.0. The van der Waals surface area contributed by atoms with Gasteiger partial charge in [0.05, 0.1) is 5.41 Å². The predicted octanol–water partition coefficient (Wildman–Crippen LogP) is 3.69. The van der Waals surface area contributed by atoms with Crippen molar-refractivity contribution in [3.63, 3.8) is 0 Å². The maximum atomic E-state index is 13.4. The lowest BCUT2D eigenvalue weighted by Crippen LogP contribution is -2.50. The van der Waals surface area contributed by atoms with Crippen LogP contribution < -0.4 is 5.32 Å². The van der Waals surface area contributed by atoms with E-state index in [2.05, 4.69) is 5.32 Å². The quantitative estimate of drug-likeness (QED) is 0.717. The second-order valence-electron chi connectivity index (χ2n) is 8.30. The van der Waals surface area contributed by atoms with E-state index in [-0.39, 0.29) is 18.4 Å². The second kappa shape index (κ2) is 8.71. The minimum Gasteiger partial charge on any atom is -0.479 e. The van der Waals surface area contributed by atoms with Crippen LogP contribution in [0.15, 0.2) is 54.6 Å². The number of amides is 2. The summed E-state index contributed by atoms with van der Waals surface area (Å²) in [6.45, 7) is 0.278. The Hall–Kier alpha value is -2.86. The SMILES string of the molecule is O=C(O)C(c1ccccc1)N1CCC(NC(=O)C2(c3cccc(Cl)c3)CCCC2)C1=O. The standard InChI is InChI=1S/C24H25ClN2O4/c25-18-10-6-9-17(15-18)24(12-4-5-13-24)23(31)26-19-11-14-27(21(19)28)20(22(29)30)16-7-2-1-3-8-16/h1-3,6-10,15,19-20H,4-5,11-14H2,(H,26,31)(H,29,30). The third kappa shape index (κ3) is 4.04. The lowest BCUT2D eigenvalue weighted by atomic mass is 9.78. The van der Waals surface area contributed by atoms with Crippen molar-refractivity contribution < 1.29 is 19.5 Å². The fourth-order valence-corrected chi connectivity index (χ4v) is 5.08. The highest BCUT2D eigenvalue weighted by Gasteiger charge is 2.46. The number of carbonyl (C=O) groups is 3. The zero-order valence-corrected chi connectivity index (χ0v) is 17.8. The Morgan fingerprint density at radius 2 is 1.81 bits per heavy atom. The summed E-state index contributed by atoms with van der Waals surface area (Å²) in [7, 11) is 0. The van der Waals surface area contributed by atoms with Crippen molar-refractivity contribution in [3.05, 3.63) is 70.7 Å². The highest BCUT2D eigenvalue weighted by Crippen LogP contribution is 2.42. The van der Waals surface area contributed by atoms with Crippen LogP contribution in [0.4, 0.5) is 0 Å². The Morgan fingerprint density at radius 3 is 2.45 bits per heavy atom. The Kier molecular flexibility index (Phi) is 6.01. The van der Waals surface area contributed by atoms with Crippen molar-refractivity contribution in [1.29, 1.82) is 0 Å². The number of benzene rings is 2. The first kappa shape index (κ1) is 21.4. The van der Waals surface area contributed by atoms with E-state index in [4.69, 9.17) is 11.6 Å². The molecule has 2 atom stereocenters. The number of hydrogen-bond acceptors (Lipinski definition) is 3. The van der Waals surface area contributed by atoms with Gasteiger partial charge in [-0.15, -0.1) is 0 Å². The van der Waals surface area contributed by atoms with Crippen LogP contribution in [0.1, 0.15) is 49.3 Å². The number of likely N-dealkylation sites (tertiary alicyclic amines) is 1. The maximum Gasteiger partial charge on any atom is 0.331 e. The molecule has 2 aliphatic rings. The molecule has 7 heteroatoms. The topological polar surface area (TPSA) is 86.7 Å². The lowest BCUT2D eigenvalue weighted by Gasteiger charge is -2.30. The summed E-state index contributed by atoms with van der Waals surface area (Å²) >= 11 is 6.18. The smallest absolute Gasteiger partial charge is 0.331 e. The summed E-state index contributed by atoms with van der Waals surface area (Å²) in [4.78, 5) is 39.8. The number of hydrogen-bond donors (Lipinski definition) is 2. The van der Waals surface area contributed by atoms with Gasteiger partial charge in [0.2, 0.25) is 11.8 Å². The second-order valence-corrected chi connectivity index (χ2v) is 8.73. The number of nitrogens with zero attached hydrogens (tertiary/aromatic N) is 1. The fraction of sp³-hybridized carbons (Fsp3) is 0.375. The molecular formula is C24H25ClN2O4. The Balaban J connectivity index is 1.54. The van der Waals surface area contributed by atoms with E-state index in [1.165, 1.54) is 4.90 Å². The Labute approximate surface area is 186 Å². The van der Waals surface area contributed by atoms with Gasteiger partial charge >= 0.3 is 5.97 Å². The molecular weight excluding hydrogens is 416 g/mol. The van der Waals surface area contributed by atoms with E-state index in [1.807, 2.05) is 18.2 Å². The molecule has 1 aliphatic heterocycles. The Morgan fingerprint density at radius 1 is 1.10 bits per heavy atom. The summed E-state index contributed by atoms with van der Waals surface area (Å²) < 4.78 is 0. The first-order valence-electron chi connectivity index (χ1n) is 10.6. The molecule has 1 heterocycles. The van der Waals surface area contributed by atoms with Gasteiger partial charge in [0.25, 0.3) is 0 Å². The van der Waals surface area contributed by atoms with Crippen molar-refractivity contribution in [2.75, 3.05) is 6.54 Å². The first-order chi connectivity index (χ1) is 14.9. The van der Waals surface area contributed by atoms with Crippen LogP contribution in [-0.2, 0) is 19.8 Å². The van der Waals surface area contributed by atoms with Crippen molar-refractivity contribution in [2.45, 2.75) is 49.6 Å². The van der Waals surface area contributed by atoms with Gasteiger partial charge in [-0.05, 0) is 42.5 Å². The molecule has 2 fully saturated rings. The molecule has 2 N–H and O–H groups in total. The van der Waals surface area contributed by atoms with Gasteiger partial charge in [-0.25, -0.2) is 4.79 Å². The third-order valence-corrected chi connectivity index (χ3v) is 6.71. The van der Waals surface area contributed by atoms with Crippen LogP contribution in [0, 0.1) is 0 Å². The predicted molar refractivity (Wildman–Crippen MR) is 117 cm³/mol. The van der Waals surface area contributed by atoms with E-state index >= 15 is 0 Å². The molecule has 2 aromatic carbocycles. The van der Waals surface area contributed by atoms with Crippen LogP contribution in [-0.4, -0.2) is 40.4 Å².